The van der Waals surface area contributed by atoms with E-state index in [1.54, 1.807) is 12.3 Å². The van der Waals surface area contributed by atoms with Gasteiger partial charge in [-0.1, -0.05) is 32.6 Å². The second-order valence-electron chi connectivity index (χ2n) is 11.5. The molecule has 1 amide bonds. The maximum absolute atomic E-state index is 14.2. The molecule has 39 heavy (non-hydrogen) atoms. The van der Waals surface area contributed by atoms with Gasteiger partial charge in [0, 0.05) is 37.3 Å². The number of imidazole rings is 1. The number of piperidine rings is 1. The molecule has 2 fully saturated rings. The molecule has 3 heterocycles. The fourth-order valence-electron chi connectivity index (χ4n) is 6.80. The molecule has 2 aliphatic rings. The molecule has 1 saturated carbocycles. The largest absolute Gasteiger partial charge is 0.384 e. The van der Waals surface area contributed by atoms with Crippen LogP contribution < -0.4 is 11.4 Å². The number of nitrogens with two attached hydrogens (primary N) is 1. The summed E-state index contributed by atoms with van der Waals surface area (Å²) in [5.74, 6) is 0.543. The highest BCUT2D eigenvalue weighted by Crippen LogP contribution is 2.34. The molecular formula is C31H42FN5O2. The average Bonchev–Trinajstić information content (AvgIpc) is 3.55. The summed E-state index contributed by atoms with van der Waals surface area (Å²) >= 11 is 0. The Labute approximate surface area is 230 Å². The number of carbonyl (C=O) groups excluding carboxylic acids is 1. The molecule has 8 heteroatoms. The van der Waals surface area contributed by atoms with E-state index in [4.69, 9.17) is 5.73 Å². The summed E-state index contributed by atoms with van der Waals surface area (Å²) in [5, 5.41) is 0. The first-order valence-corrected chi connectivity index (χ1v) is 14.9. The average molecular weight is 536 g/mol. The van der Waals surface area contributed by atoms with Gasteiger partial charge >= 0.3 is 5.69 Å². The van der Waals surface area contributed by atoms with Crippen molar-refractivity contribution in [3.05, 3.63) is 58.4 Å². The van der Waals surface area contributed by atoms with Crippen LogP contribution in [0.1, 0.15) is 95.2 Å². The number of likely N-dealkylation sites (tertiary alicyclic amines) is 1. The van der Waals surface area contributed by atoms with E-state index in [0.29, 0.717) is 24.4 Å². The van der Waals surface area contributed by atoms with E-state index in [1.807, 2.05) is 26.2 Å². The zero-order valence-corrected chi connectivity index (χ0v) is 23.2. The number of nitrogen functional groups attached to an aromatic ring is 1. The van der Waals surface area contributed by atoms with Crippen LogP contribution in [0, 0.1) is 11.7 Å². The molecule has 0 spiro atoms. The number of anilines is 1. The number of carbonyl (C=O) groups is 1. The Hall–Kier alpha value is -3.16. The first-order valence-electron chi connectivity index (χ1n) is 14.9. The number of pyridine rings is 1. The topological polar surface area (TPSA) is 86.2 Å². The van der Waals surface area contributed by atoms with Crippen molar-refractivity contribution in [2.75, 3.05) is 18.8 Å². The molecule has 0 radical (unpaired) electrons. The second-order valence-corrected chi connectivity index (χ2v) is 11.5. The molecule has 210 valence electrons. The Balaban J connectivity index is 1.22. The molecule has 7 nitrogen and oxygen atoms in total. The number of fused-ring (bicyclic) bond motifs is 1. The van der Waals surface area contributed by atoms with Gasteiger partial charge in [0.1, 0.15) is 11.6 Å². The molecule has 1 aromatic carbocycles. The van der Waals surface area contributed by atoms with Crippen LogP contribution in [0.25, 0.3) is 11.0 Å². The summed E-state index contributed by atoms with van der Waals surface area (Å²) < 4.78 is 17.9. The number of aryl methyl sites for hydroxylation is 1. The maximum atomic E-state index is 14.2. The third-order valence-corrected chi connectivity index (χ3v) is 8.80. The van der Waals surface area contributed by atoms with Crippen molar-refractivity contribution in [2.24, 2.45) is 5.92 Å². The summed E-state index contributed by atoms with van der Waals surface area (Å²) in [6, 6.07) is 8.82. The Morgan fingerprint density at radius 1 is 1.00 bits per heavy atom. The van der Waals surface area contributed by atoms with Crippen molar-refractivity contribution in [1.82, 2.24) is 19.0 Å². The number of hydrogen-bond acceptors (Lipinski definition) is 4. The number of benzene rings is 1. The van der Waals surface area contributed by atoms with Gasteiger partial charge in [0.25, 0.3) is 0 Å². The fraction of sp³-hybridized carbons (Fsp3) is 0.581. The number of amides is 1. The van der Waals surface area contributed by atoms with Gasteiger partial charge in [-0.05, 0) is 87.3 Å². The van der Waals surface area contributed by atoms with E-state index >= 15 is 0 Å². The minimum atomic E-state index is -0.307. The number of hydrogen-bond donors (Lipinski definition) is 1. The highest BCUT2D eigenvalue weighted by Gasteiger charge is 2.31. The zero-order chi connectivity index (χ0) is 27.4. The lowest BCUT2D eigenvalue weighted by Crippen LogP contribution is -2.43. The standard InChI is InChI=1S/C31H42FN5O2/c1-2-7-23(9-4-3-8-22-14-17-34-29(33)20-22)30(38)35-18-15-26(16-19-35)36-27-13-12-24(32)21-28(27)37(31(36)39)25-10-5-6-11-25/h12-14,17,20-21,23,25-26H,2-11,15-16,18-19H2,1H3,(H2,33,34). The third-order valence-electron chi connectivity index (χ3n) is 8.80. The normalized spacial score (nSPS) is 17.7. The van der Waals surface area contributed by atoms with Crippen molar-refractivity contribution in [1.29, 1.82) is 0 Å². The van der Waals surface area contributed by atoms with Crippen LogP contribution in [-0.2, 0) is 11.2 Å². The Bertz CT molecular complexity index is 1330. The first-order chi connectivity index (χ1) is 19.0. The van der Waals surface area contributed by atoms with Crippen LogP contribution in [-0.4, -0.2) is 38.0 Å². The van der Waals surface area contributed by atoms with Gasteiger partial charge in [0.2, 0.25) is 5.91 Å². The minimum absolute atomic E-state index is 0.0212. The molecule has 2 N–H and O–H groups in total. The fourth-order valence-corrected chi connectivity index (χ4v) is 6.80. The minimum Gasteiger partial charge on any atom is -0.384 e. The van der Waals surface area contributed by atoms with E-state index < -0.39 is 0 Å². The van der Waals surface area contributed by atoms with Crippen molar-refractivity contribution in [3.8, 4) is 0 Å². The maximum Gasteiger partial charge on any atom is 0.329 e. The summed E-state index contributed by atoms with van der Waals surface area (Å²) in [6.07, 6.45) is 13.1. The number of rotatable bonds is 10. The van der Waals surface area contributed by atoms with E-state index in [1.165, 1.54) is 17.7 Å². The number of aromatic nitrogens is 3. The van der Waals surface area contributed by atoms with Crippen LogP contribution >= 0.6 is 0 Å². The van der Waals surface area contributed by atoms with Gasteiger partial charge < -0.3 is 10.6 Å². The molecule has 2 aromatic heterocycles. The first kappa shape index (κ1) is 27.4. The predicted octanol–water partition coefficient (Wildman–Crippen LogP) is 6.03. The Morgan fingerprint density at radius 3 is 2.44 bits per heavy atom. The molecule has 1 aliphatic carbocycles. The molecule has 5 rings (SSSR count). The van der Waals surface area contributed by atoms with Gasteiger partial charge in [-0.25, -0.2) is 14.2 Å². The van der Waals surface area contributed by atoms with Crippen LogP contribution in [0.2, 0.25) is 0 Å². The highest BCUT2D eigenvalue weighted by atomic mass is 19.1. The molecule has 1 aliphatic heterocycles. The molecule has 1 atom stereocenters. The van der Waals surface area contributed by atoms with Crippen molar-refractivity contribution >= 4 is 22.8 Å². The number of halogens is 1. The summed E-state index contributed by atoms with van der Waals surface area (Å²) in [7, 11) is 0. The van der Waals surface area contributed by atoms with Crippen LogP contribution in [0.3, 0.4) is 0 Å². The predicted molar refractivity (Wildman–Crippen MR) is 153 cm³/mol. The second kappa shape index (κ2) is 12.3. The van der Waals surface area contributed by atoms with E-state index in [-0.39, 0.29) is 35.4 Å². The Kier molecular flexibility index (Phi) is 8.68. The van der Waals surface area contributed by atoms with E-state index in [9.17, 15) is 14.0 Å². The summed E-state index contributed by atoms with van der Waals surface area (Å²) in [5.41, 5.74) is 8.49. The summed E-state index contributed by atoms with van der Waals surface area (Å²) in [4.78, 5) is 33.3. The monoisotopic (exact) mass is 535 g/mol. The van der Waals surface area contributed by atoms with Gasteiger partial charge in [0.15, 0.2) is 0 Å². The highest BCUT2D eigenvalue weighted by molar-refractivity contribution is 5.79. The molecule has 1 saturated heterocycles. The molecular weight excluding hydrogens is 493 g/mol. The smallest absolute Gasteiger partial charge is 0.329 e. The van der Waals surface area contributed by atoms with Crippen molar-refractivity contribution in [3.63, 3.8) is 0 Å². The lowest BCUT2D eigenvalue weighted by Gasteiger charge is -2.35. The lowest BCUT2D eigenvalue weighted by molar-refractivity contribution is -0.137. The van der Waals surface area contributed by atoms with Crippen LogP contribution in [0.15, 0.2) is 41.3 Å². The van der Waals surface area contributed by atoms with Gasteiger partial charge in [-0.15, -0.1) is 0 Å². The Morgan fingerprint density at radius 2 is 1.72 bits per heavy atom. The number of unbranched alkanes of at least 4 members (excludes halogenated alkanes) is 1. The van der Waals surface area contributed by atoms with E-state index in [2.05, 4.69) is 11.9 Å². The van der Waals surface area contributed by atoms with Crippen molar-refractivity contribution < 1.29 is 9.18 Å². The van der Waals surface area contributed by atoms with Gasteiger partial charge in [-0.3, -0.25) is 13.9 Å². The lowest BCUT2D eigenvalue weighted by atomic mass is 9.93. The van der Waals surface area contributed by atoms with Crippen LogP contribution in [0.5, 0.6) is 0 Å². The quantitative estimate of drug-likeness (QED) is 0.321. The summed E-state index contributed by atoms with van der Waals surface area (Å²) in [6.45, 7) is 3.45. The molecule has 3 aromatic rings. The number of nitrogens with zero attached hydrogens (tertiary/aromatic N) is 4. The van der Waals surface area contributed by atoms with Crippen LogP contribution in [0.4, 0.5) is 10.2 Å². The van der Waals surface area contributed by atoms with E-state index in [0.717, 1.165) is 82.6 Å². The van der Waals surface area contributed by atoms with Crippen molar-refractivity contribution in [2.45, 2.75) is 96.1 Å². The molecule has 1 unspecified atom stereocenters. The van der Waals surface area contributed by atoms with Gasteiger partial charge in [-0.2, -0.15) is 0 Å². The zero-order valence-electron chi connectivity index (χ0n) is 23.2. The van der Waals surface area contributed by atoms with Gasteiger partial charge in [0.05, 0.1) is 11.0 Å². The molecule has 0 bridgehead atoms. The SMILES string of the molecule is CCCC(CCCCc1ccnc(N)c1)C(=O)N1CCC(n2c(=O)n(C3CCCC3)c3cc(F)ccc32)CC1. The third kappa shape index (κ3) is 6.04.